The predicted octanol–water partition coefficient (Wildman–Crippen LogP) is 0.272. The molecule has 0 aliphatic heterocycles. The summed E-state index contributed by atoms with van der Waals surface area (Å²) < 4.78 is 26.1. The average Bonchev–Trinajstić information content (AvgIpc) is 2.34. The van der Waals surface area contributed by atoms with Crippen LogP contribution in [0.25, 0.3) is 0 Å². The van der Waals surface area contributed by atoms with Crippen molar-refractivity contribution in [1.82, 2.24) is 4.72 Å². The molecule has 0 radical (unpaired) electrons. The lowest BCUT2D eigenvalue weighted by atomic mass is 10.3. The van der Waals surface area contributed by atoms with Crippen molar-refractivity contribution in [3.05, 3.63) is 24.3 Å². The van der Waals surface area contributed by atoms with E-state index in [1.54, 1.807) is 18.2 Å². The predicted molar refractivity (Wildman–Crippen MR) is 69.6 cm³/mol. The van der Waals surface area contributed by atoms with Gasteiger partial charge in [-0.3, -0.25) is 4.79 Å². The second-order valence-corrected chi connectivity index (χ2v) is 5.45. The molecule has 0 saturated heterocycles. The Balaban J connectivity index is 2.96. The standard InChI is InChI=1S/C11H17N3O3S/c1-2-7-13-9-5-3-4-6-10(9)18(16,17)14-8-11(12)15/h3-6,13-14H,2,7-8H2,1H3,(H2,12,15). The molecular formula is C11H17N3O3S. The molecule has 1 amide bonds. The lowest BCUT2D eigenvalue weighted by molar-refractivity contribution is -0.116. The van der Waals surface area contributed by atoms with E-state index in [2.05, 4.69) is 10.0 Å². The van der Waals surface area contributed by atoms with Gasteiger partial charge in [-0.15, -0.1) is 0 Å². The van der Waals surface area contributed by atoms with Gasteiger partial charge >= 0.3 is 0 Å². The number of para-hydroxylation sites is 1. The molecule has 100 valence electrons. The van der Waals surface area contributed by atoms with E-state index in [-0.39, 0.29) is 4.90 Å². The van der Waals surface area contributed by atoms with Gasteiger partial charge in [0.05, 0.1) is 12.2 Å². The maximum absolute atomic E-state index is 12.0. The van der Waals surface area contributed by atoms with Gasteiger partial charge < -0.3 is 11.1 Å². The monoisotopic (exact) mass is 271 g/mol. The van der Waals surface area contributed by atoms with Crippen molar-refractivity contribution in [1.29, 1.82) is 0 Å². The number of anilines is 1. The first-order chi connectivity index (χ1) is 8.47. The number of benzene rings is 1. The van der Waals surface area contributed by atoms with Gasteiger partial charge in [0.1, 0.15) is 4.90 Å². The minimum atomic E-state index is -3.73. The minimum Gasteiger partial charge on any atom is -0.384 e. The van der Waals surface area contributed by atoms with E-state index in [4.69, 9.17) is 5.73 Å². The number of nitrogens with one attached hydrogen (secondary N) is 2. The van der Waals surface area contributed by atoms with Gasteiger partial charge in [-0.2, -0.15) is 0 Å². The molecule has 1 rings (SSSR count). The third-order valence-corrected chi connectivity index (χ3v) is 3.64. The van der Waals surface area contributed by atoms with Crippen LogP contribution in [0.2, 0.25) is 0 Å². The van der Waals surface area contributed by atoms with Crippen LogP contribution in [0.15, 0.2) is 29.2 Å². The van der Waals surface area contributed by atoms with Gasteiger partial charge in [0, 0.05) is 6.54 Å². The molecule has 0 aliphatic rings. The molecule has 0 unspecified atom stereocenters. The van der Waals surface area contributed by atoms with Crippen molar-refractivity contribution in [3.8, 4) is 0 Å². The van der Waals surface area contributed by atoms with Crippen LogP contribution in [0.4, 0.5) is 5.69 Å². The van der Waals surface area contributed by atoms with Crippen LogP contribution in [0.5, 0.6) is 0 Å². The molecule has 18 heavy (non-hydrogen) atoms. The number of nitrogens with two attached hydrogens (primary N) is 1. The molecule has 6 nitrogen and oxygen atoms in total. The number of carbonyl (C=O) groups excluding carboxylic acids is 1. The molecule has 0 aromatic heterocycles. The van der Waals surface area contributed by atoms with Crippen LogP contribution in [-0.2, 0) is 14.8 Å². The summed E-state index contributed by atoms with van der Waals surface area (Å²) >= 11 is 0. The fourth-order valence-corrected chi connectivity index (χ4v) is 2.53. The number of sulfonamides is 1. The number of carbonyl (C=O) groups is 1. The van der Waals surface area contributed by atoms with E-state index < -0.39 is 22.5 Å². The van der Waals surface area contributed by atoms with Crippen LogP contribution in [-0.4, -0.2) is 27.4 Å². The van der Waals surface area contributed by atoms with Gasteiger partial charge in [0.25, 0.3) is 0 Å². The summed E-state index contributed by atoms with van der Waals surface area (Å²) in [6.07, 6.45) is 0.878. The number of hydrogen-bond donors (Lipinski definition) is 3. The van der Waals surface area contributed by atoms with Crippen molar-refractivity contribution >= 4 is 21.6 Å². The van der Waals surface area contributed by atoms with Crippen molar-refractivity contribution in [2.45, 2.75) is 18.2 Å². The van der Waals surface area contributed by atoms with Crippen LogP contribution in [0.3, 0.4) is 0 Å². The molecule has 0 saturated carbocycles. The number of amides is 1. The lowest BCUT2D eigenvalue weighted by Gasteiger charge is -2.12. The van der Waals surface area contributed by atoms with Crippen molar-refractivity contribution in [3.63, 3.8) is 0 Å². The number of rotatable bonds is 7. The summed E-state index contributed by atoms with van der Waals surface area (Å²) in [5, 5.41) is 3.02. The molecule has 0 fully saturated rings. The summed E-state index contributed by atoms with van der Waals surface area (Å²) in [6.45, 7) is 2.24. The second kappa shape index (κ2) is 6.36. The summed E-state index contributed by atoms with van der Waals surface area (Å²) in [7, 11) is -3.73. The maximum Gasteiger partial charge on any atom is 0.243 e. The third kappa shape index (κ3) is 4.01. The topological polar surface area (TPSA) is 101 Å². The first-order valence-electron chi connectivity index (χ1n) is 5.58. The van der Waals surface area contributed by atoms with E-state index in [1.165, 1.54) is 6.07 Å². The van der Waals surface area contributed by atoms with E-state index in [9.17, 15) is 13.2 Å². The van der Waals surface area contributed by atoms with Crippen molar-refractivity contribution in [2.75, 3.05) is 18.4 Å². The van der Waals surface area contributed by atoms with Gasteiger partial charge in [0.15, 0.2) is 0 Å². The number of primary amides is 1. The summed E-state index contributed by atoms with van der Waals surface area (Å²) in [5.41, 5.74) is 5.42. The summed E-state index contributed by atoms with van der Waals surface area (Å²) in [4.78, 5) is 10.7. The summed E-state index contributed by atoms with van der Waals surface area (Å²) in [6, 6.07) is 6.51. The highest BCUT2D eigenvalue weighted by molar-refractivity contribution is 7.89. The highest BCUT2D eigenvalue weighted by Gasteiger charge is 2.18. The lowest BCUT2D eigenvalue weighted by Crippen LogP contribution is -2.33. The SMILES string of the molecule is CCCNc1ccccc1S(=O)(=O)NCC(N)=O. The Hall–Kier alpha value is -1.60. The van der Waals surface area contributed by atoms with Gasteiger partial charge in [-0.1, -0.05) is 19.1 Å². The maximum atomic E-state index is 12.0. The highest BCUT2D eigenvalue weighted by atomic mass is 32.2. The normalized spacial score (nSPS) is 11.2. The average molecular weight is 271 g/mol. The molecule has 4 N–H and O–H groups in total. The first-order valence-corrected chi connectivity index (χ1v) is 7.06. The van der Waals surface area contributed by atoms with Crippen LogP contribution in [0.1, 0.15) is 13.3 Å². The Labute approximate surface area is 107 Å². The zero-order chi connectivity index (χ0) is 13.6. The Morgan fingerprint density at radius 2 is 2.00 bits per heavy atom. The molecule has 0 heterocycles. The first kappa shape index (κ1) is 14.5. The molecular weight excluding hydrogens is 254 g/mol. The van der Waals surface area contributed by atoms with Crippen molar-refractivity contribution < 1.29 is 13.2 Å². The second-order valence-electron chi connectivity index (χ2n) is 3.71. The molecule has 1 aromatic rings. The summed E-state index contributed by atoms with van der Waals surface area (Å²) in [5.74, 6) is -0.724. The molecule has 0 atom stereocenters. The van der Waals surface area contributed by atoms with Crippen molar-refractivity contribution in [2.24, 2.45) is 5.73 Å². The molecule has 0 aliphatic carbocycles. The quantitative estimate of drug-likeness (QED) is 0.662. The molecule has 1 aromatic carbocycles. The van der Waals surface area contributed by atoms with Gasteiger partial charge in [0.2, 0.25) is 15.9 Å². The third-order valence-electron chi connectivity index (χ3n) is 2.18. The smallest absolute Gasteiger partial charge is 0.243 e. The zero-order valence-corrected chi connectivity index (χ0v) is 11.0. The molecule has 0 spiro atoms. The van der Waals surface area contributed by atoms with Gasteiger partial charge in [-0.05, 0) is 18.6 Å². The number of hydrogen-bond acceptors (Lipinski definition) is 4. The Morgan fingerprint density at radius 1 is 1.33 bits per heavy atom. The van der Waals surface area contributed by atoms with Crippen LogP contribution in [0, 0.1) is 0 Å². The molecule has 0 bridgehead atoms. The van der Waals surface area contributed by atoms with E-state index >= 15 is 0 Å². The fraction of sp³-hybridized carbons (Fsp3) is 0.364. The fourth-order valence-electron chi connectivity index (χ4n) is 1.35. The van der Waals surface area contributed by atoms with E-state index in [0.717, 1.165) is 6.42 Å². The largest absolute Gasteiger partial charge is 0.384 e. The molecule has 7 heteroatoms. The minimum absolute atomic E-state index is 0.111. The zero-order valence-electron chi connectivity index (χ0n) is 10.1. The Morgan fingerprint density at radius 3 is 2.61 bits per heavy atom. The Kier molecular flexibility index (Phi) is 5.11. The Bertz CT molecular complexity index is 514. The van der Waals surface area contributed by atoms with E-state index in [0.29, 0.717) is 12.2 Å². The van der Waals surface area contributed by atoms with Crippen LogP contribution < -0.4 is 15.8 Å². The van der Waals surface area contributed by atoms with Crippen LogP contribution >= 0.6 is 0 Å². The van der Waals surface area contributed by atoms with E-state index in [1.807, 2.05) is 6.92 Å². The highest BCUT2D eigenvalue weighted by Crippen LogP contribution is 2.20. The van der Waals surface area contributed by atoms with Gasteiger partial charge in [-0.25, -0.2) is 13.1 Å².